The van der Waals surface area contributed by atoms with Crippen molar-refractivity contribution in [3.63, 3.8) is 0 Å². The van der Waals surface area contributed by atoms with Gasteiger partial charge in [0.25, 0.3) is 0 Å². The molecule has 19 heavy (non-hydrogen) atoms. The maximum Gasteiger partial charge on any atom is 0.309 e. The Kier molecular flexibility index (Phi) is 2.68. The van der Waals surface area contributed by atoms with E-state index in [0.29, 0.717) is 6.42 Å². The van der Waals surface area contributed by atoms with E-state index in [2.05, 4.69) is 0 Å². The van der Waals surface area contributed by atoms with Gasteiger partial charge >= 0.3 is 5.97 Å². The molecule has 4 nitrogen and oxygen atoms in total. The Hall–Kier alpha value is -1.42. The molecule has 3 rings (SSSR count). The summed E-state index contributed by atoms with van der Waals surface area (Å²) >= 11 is 0. The lowest BCUT2D eigenvalue weighted by Crippen LogP contribution is -2.35. The summed E-state index contributed by atoms with van der Waals surface area (Å²) in [4.78, 5) is 23.9. The van der Waals surface area contributed by atoms with Crippen molar-refractivity contribution >= 4 is 11.8 Å². The van der Waals surface area contributed by atoms with E-state index < -0.39 is 12.2 Å². The van der Waals surface area contributed by atoms with E-state index in [0.717, 1.165) is 16.7 Å². The van der Waals surface area contributed by atoms with Crippen molar-refractivity contribution in [2.75, 3.05) is 0 Å². The minimum Gasteiger partial charge on any atom is -0.461 e. The van der Waals surface area contributed by atoms with E-state index in [1.807, 2.05) is 13.8 Å². The van der Waals surface area contributed by atoms with Crippen molar-refractivity contribution < 1.29 is 19.4 Å². The van der Waals surface area contributed by atoms with Crippen LogP contribution < -0.4 is 0 Å². The number of aliphatic hydroxyl groups is 1. The van der Waals surface area contributed by atoms with Gasteiger partial charge in [-0.1, -0.05) is 18.1 Å². The van der Waals surface area contributed by atoms with Crippen LogP contribution in [0.5, 0.6) is 0 Å². The normalized spacial score (nSPS) is 41.7. The minimum absolute atomic E-state index is 0.00320. The fourth-order valence-electron chi connectivity index (χ4n) is 3.82. The molecule has 0 aromatic heterocycles. The number of ether oxygens (including phenoxy) is 1. The van der Waals surface area contributed by atoms with Crippen LogP contribution in [-0.2, 0) is 14.3 Å². The van der Waals surface area contributed by atoms with Crippen molar-refractivity contribution in [1.29, 1.82) is 0 Å². The Bertz CT molecular complexity index is 528. The van der Waals surface area contributed by atoms with Crippen LogP contribution in [0.3, 0.4) is 0 Å². The standard InChI is InChI=1S/C15H18O4/c1-6-4-10(17)13-8(3)15(18)19-14(13)12-7(2)5-9(16)11(6)12/h5,8,10,12-14,17H,4H2,1-3H3/t8-,10?,12+,13-,14-/m1/s1. The topological polar surface area (TPSA) is 63.6 Å². The first-order valence-corrected chi connectivity index (χ1v) is 6.72. The number of esters is 1. The van der Waals surface area contributed by atoms with E-state index in [1.165, 1.54) is 0 Å². The van der Waals surface area contributed by atoms with Gasteiger partial charge < -0.3 is 9.84 Å². The lowest BCUT2D eigenvalue weighted by molar-refractivity contribution is -0.144. The van der Waals surface area contributed by atoms with Crippen LogP contribution in [0, 0.1) is 17.8 Å². The van der Waals surface area contributed by atoms with Gasteiger partial charge in [-0.05, 0) is 26.3 Å². The molecule has 1 heterocycles. The first-order valence-electron chi connectivity index (χ1n) is 6.72. The van der Waals surface area contributed by atoms with E-state index in [1.54, 1.807) is 13.0 Å². The maximum absolute atomic E-state index is 12.1. The lowest BCUT2D eigenvalue weighted by atomic mass is 9.80. The highest BCUT2D eigenvalue weighted by Crippen LogP contribution is 2.47. The SMILES string of the molecule is CC1=CC(=O)C2=C(C)CC(O)[C@@H]3[C@H](OC(=O)[C@@H]3C)[C@@H]12. The predicted octanol–water partition coefficient (Wildman–Crippen LogP) is 1.39. The van der Waals surface area contributed by atoms with Crippen LogP contribution >= 0.6 is 0 Å². The number of fused-ring (bicyclic) bond motifs is 3. The molecular weight excluding hydrogens is 244 g/mol. The summed E-state index contributed by atoms with van der Waals surface area (Å²) in [6, 6.07) is 0. The molecule has 1 N–H and O–H groups in total. The molecule has 0 aromatic rings. The lowest BCUT2D eigenvalue weighted by Gasteiger charge is -2.26. The Morgan fingerprint density at radius 1 is 1.32 bits per heavy atom. The summed E-state index contributed by atoms with van der Waals surface area (Å²) in [6.45, 7) is 5.59. The quantitative estimate of drug-likeness (QED) is 0.670. The van der Waals surface area contributed by atoms with Gasteiger partial charge in [0.05, 0.1) is 12.0 Å². The van der Waals surface area contributed by atoms with Gasteiger partial charge in [0.2, 0.25) is 0 Å². The third kappa shape index (κ3) is 1.62. The molecular formula is C15H18O4. The summed E-state index contributed by atoms with van der Waals surface area (Å²) in [7, 11) is 0. The number of hydrogen-bond donors (Lipinski definition) is 1. The van der Waals surface area contributed by atoms with Crippen LogP contribution in [0.15, 0.2) is 22.8 Å². The van der Waals surface area contributed by atoms with Crippen molar-refractivity contribution in [3.8, 4) is 0 Å². The Morgan fingerprint density at radius 3 is 2.68 bits per heavy atom. The molecule has 1 fully saturated rings. The molecule has 5 atom stereocenters. The molecule has 0 amide bonds. The number of rotatable bonds is 0. The predicted molar refractivity (Wildman–Crippen MR) is 68.1 cm³/mol. The molecule has 1 unspecified atom stereocenters. The highest BCUT2D eigenvalue weighted by Gasteiger charge is 2.53. The second kappa shape index (κ2) is 4.04. The van der Waals surface area contributed by atoms with Crippen LogP contribution in [0.4, 0.5) is 0 Å². The zero-order valence-corrected chi connectivity index (χ0v) is 11.3. The summed E-state index contributed by atoms with van der Waals surface area (Å²) in [5.41, 5.74) is 2.59. The summed E-state index contributed by atoms with van der Waals surface area (Å²) in [6.07, 6.45) is 1.06. The van der Waals surface area contributed by atoms with Crippen LogP contribution in [0.2, 0.25) is 0 Å². The number of aliphatic hydroxyl groups excluding tert-OH is 1. The van der Waals surface area contributed by atoms with Gasteiger partial charge in [0.1, 0.15) is 6.10 Å². The molecule has 1 saturated heterocycles. The summed E-state index contributed by atoms with van der Waals surface area (Å²) in [5.74, 6) is -0.957. The molecule has 0 spiro atoms. The molecule has 0 saturated carbocycles. The van der Waals surface area contributed by atoms with Crippen LogP contribution in [0.25, 0.3) is 0 Å². The number of carbonyl (C=O) groups is 2. The smallest absolute Gasteiger partial charge is 0.309 e. The van der Waals surface area contributed by atoms with Crippen molar-refractivity contribution in [2.45, 2.75) is 39.4 Å². The largest absolute Gasteiger partial charge is 0.461 e. The Balaban J connectivity index is 2.11. The fraction of sp³-hybridized carbons (Fsp3) is 0.600. The van der Waals surface area contributed by atoms with E-state index in [9.17, 15) is 14.7 Å². The number of ketones is 1. The molecule has 4 heteroatoms. The number of hydrogen-bond acceptors (Lipinski definition) is 4. The minimum atomic E-state index is -0.620. The molecule has 0 bridgehead atoms. The Labute approximate surface area is 112 Å². The number of allylic oxidation sites excluding steroid dienone is 1. The van der Waals surface area contributed by atoms with E-state index in [4.69, 9.17) is 4.74 Å². The molecule has 2 aliphatic carbocycles. The second-order valence-corrected chi connectivity index (χ2v) is 5.96. The van der Waals surface area contributed by atoms with Gasteiger partial charge in [0.15, 0.2) is 5.78 Å². The van der Waals surface area contributed by atoms with E-state index in [-0.39, 0.29) is 29.5 Å². The van der Waals surface area contributed by atoms with Gasteiger partial charge in [-0.15, -0.1) is 0 Å². The van der Waals surface area contributed by atoms with Gasteiger partial charge in [-0.3, -0.25) is 9.59 Å². The van der Waals surface area contributed by atoms with Gasteiger partial charge in [0, 0.05) is 17.4 Å². The second-order valence-electron chi connectivity index (χ2n) is 5.96. The zero-order chi connectivity index (χ0) is 13.9. The van der Waals surface area contributed by atoms with Crippen LogP contribution in [-0.4, -0.2) is 29.1 Å². The third-order valence-electron chi connectivity index (χ3n) is 4.75. The van der Waals surface area contributed by atoms with Crippen molar-refractivity contribution in [1.82, 2.24) is 0 Å². The Morgan fingerprint density at radius 2 is 2.00 bits per heavy atom. The zero-order valence-electron chi connectivity index (χ0n) is 11.3. The molecule has 0 aromatic carbocycles. The average Bonchev–Trinajstić information content (AvgIpc) is 2.72. The highest BCUT2D eigenvalue weighted by molar-refractivity contribution is 6.09. The first kappa shape index (κ1) is 12.6. The maximum atomic E-state index is 12.1. The van der Waals surface area contributed by atoms with Gasteiger partial charge in [-0.2, -0.15) is 0 Å². The molecule has 0 radical (unpaired) electrons. The molecule has 1 aliphatic heterocycles. The fourth-order valence-corrected chi connectivity index (χ4v) is 3.82. The van der Waals surface area contributed by atoms with Gasteiger partial charge in [-0.25, -0.2) is 0 Å². The monoisotopic (exact) mass is 262 g/mol. The average molecular weight is 262 g/mol. The first-order chi connectivity index (χ1) is 8.91. The highest BCUT2D eigenvalue weighted by atomic mass is 16.6. The van der Waals surface area contributed by atoms with Crippen molar-refractivity contribution in [2.24, 2.45) is 17.8 Å². The van der Waals surface area contributed by atoms with Crippen molar-refractivity contribution in [3.05, 3.63) is 22.8 Å². The summed E-state index contributed by atoms with van der Waals surface area (Å²) in [5, 5.41) is 10.3. The third-order valence-corrected chi connectivity index (χ3v) is 4.75. The summed E-state index contributed by atoms with van der Waals surface area (Å²) < 4.78 is 5.48. The van der Waals surface area contributed by atoms with Crippen LogP contribution in [0.1, 0.15) is 27.2 Å². The van der Waals surface area contributed by atoms with E-state index >= 15 is 0 Å². The molecule has 102 valence electrons. The molecule has 3 aliphatic rings. The number of carbonyl (C=O) groups excluding carboxylic acids is 2.